The highest BCUT2D eigenvalue weighted by atomic mass is 15.3. The number of hydrogen-bond donors (Lipinski definition) is 1. The second-order valence-electron chi connectivity index (χ2n) is 5.64. The van der Waals surface area contributed by atoms with Crippen LogP contribution < -0.4 is 10.2 Å². The molecule has 2 atom stereocenters. The van der Waals surface area contributed by atoms with Crippen LogP contribution in [0.2, 0.25) is 0 Å². The van der Waals surface area contributed by atoms with Crippen molar-refractivity contribution in [1.82, 2.24) is 15.3 Å². The van der Waals surface area contributed by atoms with Gasteiger partial charge in [0.1, 0.15) is 12.1 Å². The lowest BCUT2D eigenvalue weighted by Gasteiger charge is -2.39. The summed E-state index contributed by atoms with van der Waals surface area (Å²) in [6.07, 6.45) is 6.58. The van der Waals surface area contributed by atoms with Crippen molar-refractivity contribution in [3.8, 4) is 0 Å². The summed E-state index contributed by atoms with van der Waals surface area (Å²) in [5, 5.41) is 3.53. The number of anilines is 1. The number of piperazine rings is 1. The molecule has 98 valence electrons. The van der Waals surface area contributed by atoms with E-state index in [1.54, 1.807) is 6.33 Å². The summed E-state index contributed by atoms with van der Waals surface area (Å²) >= 11 is 0. The molecule has 0 spiro atoms. The second kappa shape index (κ2) is 4.84. The van der Waals surface area contributed by atoms with Crippen molar-refractivity contribution < 1.29 is 0 Å². The minimum absolute atomic E-state index is 0.516. The largest absolute Gasteiger partial charge is 0.351 e. The van der Waals surface area contributed by atoms with Crippen molar-refractivity contribution in [3.05, 3.63) is 17.6 Å². The van der Waals surface area contributed by atoms with E-state index >= 15 is 0 Å². The maximum Gasteiger partial charge on any atom is 0.135 e. The minimum atomic E-state index is 0.516. The van der Waals surface area contributed by atoms with Gasteiger partial charge in [-0.3, -0.25) is 0 Å². The highest BCUT2D eigenvalue weighted by Crippen LogP contribution is 2.28. The zero-order valence-corrected chi connectivity index (χ0v) is 11.3. The van der Waals surface area contributed by atoms with E-state index in [4.69, 9.17) is 0 Å². The molecule has 4 nitrogen and oxygen atoms in total. The van der Waals surface area contributed by atoms with E-state index in [0.29, 0.717) is 12.1 Å². The van der Waals surface area contributed by atoms with Crippen molar-refractivity contribution in [2.24, 2.45) is 0 Å². The molecule has 2 unspecified atom stereocenters. The molecule has 1 N–H and O–H groups in total. The molecule has 0 amide bonds. The molecule has 18 heavy (non-hydrogen) atoms. The smallest absolute Gasteiger partial charge is 0.135 e. The van der Waals surface area contributed by atoms with Gasteiger partial charge in [0.2, 0.25) is 0 Å². The highest BCUT2D eigenvalue weighted by molar-refractivity contribution is 5.51. The fourth-order valence-corrected chi connectivity index (χ4v) is 3.07. The van der Waals surface area contributed by atoms with Gasteiger partial charge in [-0.2, -0.15) is 0 Å². The first-order chi connectivity index (χ1) is 8.75. The zero-order chi connectivity index (χ0) is 12.5. The summed E-state index contributed by atoms with van der Waals surface area (Å²) in [4.78, 5) is 11.5. The van der Waals surface area contributed by atoms with Crippen LogP contribution >= 0.6 is 0 Å². The minimum Gasteiger partial charge on any atom is -0.351 e. The quantitative estimate of drug-likeness (QED) is 0.816. The summed E-state index contributed by atoms with van der Waals surface area (Å²) in [6, 6.07) is 1.05. The zero-order valence-electron chi connectivity index (χ0n) is 11.3. The van der Waals surface area contributed by atoms with Gasteiger partial charge in [-0.25, -0.2) is 9.97 Å². The van der Waals surface area contributed by atoms with Gasteiger partial charge >= 0.3 is 0 Å². The third-order valence-corrected chi connectivity index (χ3v) is 4.14. The number of aromatic nitrogens is 2. The fourth-order valence-electron chi connectivity index (χ4n) is 3.07. The van der Waals surface area contributed by atoms with Gasteiger partial charge in [-0.1, -0.05) is 0 Å². The second-order valence-corrected chi connectivity index (χ2v) is 5.64. The Bertz CT molecular complexity index is 432. The Hall–Kier alpha value is -1.16. The maximum absolute atomic E-state index is 4.59. The monoisotopic (exact) mass is 246 g/mol. The summed E-state index contributed by atoms with van der Waals surface area (Å²) < 4.78 is 0. The van der Waals surface area contributed by atoms with Gasteiger partial charge < -0.3 is 10.2 Å². The van der Waals surface area contributed by atoms with E-state index in [1.165, 1.54) is 29.9 Å². The molecule has 1 fully saturated rings. The Balaban J connectivity index is 1.95. The van der Waals surface area contributed by atoms with Gasteiger partial charge in [-0.05, 0) is 39.5 Å². The number of fused-ring (bicyclic) bond motifs is 1. The van der Waals surface area contributed by atoms with Crippen LogP contribution in [0, 0.1) is 0 Å². The van der Waals surface area contributed by atoms with Crippen LogP contribution in [0.15, 0.2) is 6.33 Å². The Morgan fingerprint density at radius 3 is 2.94 bits per heavy atom. The maximum atomic E-state index is 4.59. The lowest BCUT2D eigenvalue weighted by Crippen LogP contribution is -2.55. The first-order valence-corrected chi connectivity index (χ1v) is 7.08. The Morgan fingerprint density at radius 1 is 1.22 bits per heavy atom. The molecule has 0 bridgehead atoms. The van der Waals surface area contributed by atoms with E-state index in [2.05, 4.69) is 34.0 Å². The standard InChI is InChI=1S/C14H22N4/c1-10-8-18(11(2)7-15-10)14-12-5-3-4-6-13(12)16-9-17-14/h9-11,15H,3-8H2,1-2H3. The number of nitrogens with zero attached hydrogens (tertiary/aromatic N) is 3. The molecule has 1 aliphatic carbocycles. The Morgan fingerprint density at radius 2 is 2.06 bits per heavy atom. The van der Waals surface area contributed by atoms with Gasteiger partial charge in [-0.15, -0.1) is 0 Å². The van der Waals surface area contributed by atoms with Crippen LogP contribution in [0.1, 0.15) is 37.9 Å². The molecule has 0 radical (unpaired) electrons. The van der Waals surface area contributed by atoms with Crippen molar-refractivity contribution >= 4 is 5.82 Å². The van der Waals surface area contributed by atoms with Gasteiger partial charge in [0.15, 0.2) is 0 Å². The lowest BCUT2D eigenvalue weighted by molar-refractivity contribution is 0.420. The summed E-state index contributed by atoms with van der Waals surface area (Å²) in [5.74, 6) is 1.19. The Labute approximate surface area is 109 Å². The van der Waals surface area contributed by atoms with Crippen molar-refractivity contribution in [1.29, 1.82) is 0 Å². The number of hydrogen-bond acceptors (Lipinski definition) is 4. The molecule has 0 saturated carbocycles. The van der Waals surface area contributed by atoms with E-state index in [1.807, 2.05) is 0 Å². The van der Waals surface area contributed by atoms with Crippen LogP contribution in [0.3, 0.4) is 0 Å². The fraction of sp³-hybridized carbons (Fsp3) is 0.714. The van der Waals surface area contributed by atoms with Gasteiger partial charge in [0.25, 0.3) is 0 Å². The molecule has 2 heterocycles. The van der Waals surface area contributed by atoms with Gasteiger partial charge in [0, 0.05) is 36.4 Å². The third-order valence-electron chi connectivity index (χ3n) is 4.14. The highest BCUT2D eigenvalue weighted by Gasteiger charge is 2.27. The van der Waals surface area contributed by atoms with Crippen molar-refractivity contribution in [2.45, 2.75) is 51.6 Å². The summed E-state index contributed by atoms with van der Waals surface area (Å²) in [6.45, 7) is 6.60. The van der Waals surface area contributed by atoms with Crippen molar-refractivity contribution in [2.75, 3.05) is 18.0 Å². The molecule has 4 heteroatoms. The molecule has 1 saturated heterocycles. The molecule has 1 aliphatic heterocycles. The molecule has 0 aromatic carbocycles. The normalized spacial score (nSPS) is 28.0. The van der Waals surface area contributed by atoms with Crippen LogP contribution in [-0.4, -0.2) is 35.1 Å². The topological polar surface area (TPSA) is 41.1 Å². The van der Waals surface area contributed by atoms with Crippen LogP contribution in [0.5, 0.6) is 0 Å². The van der Waals surface area contributed by atoms with Gasteiger partial charge in [0.05, 0.1) is 0 Å². The predicted molar refractivity (Wildman–Crippen MR) is 72.9 cm³/mol. The molecule has 2 aliphatic rings. The van der Waals surface area contributed by atoms with Crippen LogP contribution in [0.4, 0.5) is 5.82 Å². The predicted octanol–water partition coefficient (Wildman–Crippen LogP) is 1.54. The first-order valence-electron chi connectivity index (χ1n) is 7.08. The summed E-state index contributed by atoms with van der Waals surface area (Å²) in [5.41, 5.74) is 2.69. The number of aryl methyl sites for hydroxylation is 1. The molecular formula is C14H22N4. The number of rotatable bonds is 1. The summed E-state index contributed by atoms with van der Waals surface area (Å²) in [7, 11) is 0. The average Bonchev–Trinajstić information content (AvgIpc) is 2.41. The average molecular weight is 246 g/mol. The third kappa shape index (κ3) is 2.09. The molecule has 1 aromatic heterocycles. The molecular weight excluding hydrogens is 224 g/mol. The van der Waals surface area contributed by atoms with E-state index in [-0.39, 0.29) is 0 Å². The van der Waals surface area contributed by atoms with E-state index in [9.17, 15) is 0 Å². The van der Waals surface area contributed by atoms with E-state index < -0.39 is 0 Å². The van der Waals surface area contributed by atoms with E-state index in [0.717, 1.165) is 25.9 Å². The van der Waals surface area contributed by atoms with Crippen molar-refractivity contribution in [3.63, 3.8) is 0 Å². The Kier molecular flexibility index (Phi) is 3.20. The lowest BCUT2D eigenvalue weighted by atomic mass is 9.95. The molecule has 1 aromatic rings. The molecule has 3 rings (SSSR count). The van der Waals surface area contributed by atoms with Crippen LogP contribution in [-0.2, 0) is 12.8 Å². The SMILES string of the molecule is CC1CN(c2ncnc3c2CCCC3)C(C)CN1. The van der Waals surface area contributed by atoms with Crippen LogP contribution in [0.25, 0.3) is 0 Å². The first kappa shape index (κ1) is 11.9. The number of nitrogens with one attached hydrogen (secondary N) is 1.